The van der Waals surface area contributed by atoms with Crippen LogP contribution in [-0.4, -0.2) is 25.5 Å². The molecule has 5 nitrogen and oxygen atoms in total. The van der Waals surface area contributed by atoms with Gasteiger partial charge in [-0.3, -0.25) is 0 Å². The van der Waals surface area contributed by atoms with Gasteiger partial charge in [-0.15, -0.1) is 0 Å². The van der Waals surface area contributed by atoms with E-state index in [9.17, 15) is 8.42 Å². The van der Waals surface area contributed by atoms with Gasteiger partial charge in [-0.05, 0) is 37.8 Å². The van der Waals surface area contributed by atoms with Crippen molar-refractivity contribution in [2.24, 2.45) is 0 Å². The first-order chi connectivity index (χ1) is 9.01. The van der Waals surface area contributed by atoms with Gasteiger partial charge in [0.05, 0.1) is 0 Å². The normalized spacial score (nSPS) is 17.4. The van der Waals surface area contributed by atoms with Gasteiger partial charge in [-0.1, -0.05) is 13.0 Å². The first kappa shape index (κ1) is 14.4. The van der Waals surface area contributed by atoms with Crippen molar-refractivity contribution in [2.75, 3.05) is 0 Å². The molecule has 1 atom stereocenters. The summed E-state index contributed by atoms with van der Waals surface area (Å²) >= 11 is 0. The Hall–Kier alpha value is -0.980. The molecule has 0 aliphatic heterocycles. The summed E-state index contributed by atoms with van der Waals surface area (Å²) in [6.45, 7) is 4.52. The molecule has 1 fully saturated rings. The minimum atomic E-state index is -3.49. The summed E-state index contributed by atoms with van der Waals surface area (Å²) in [5, 5.41) is 3.45. The number of pyridine rings is 1. The molecule has 0 saturated heterocycles. The average Bonchev–Trinajstić information content (AvgIpc) is 3.20. The highest BCUT2D eigenvalue weighted by molar-refractivity contribution is 7.89. The fourth-order valence-electron chi connectivity index (χ4n) is 1.63. The Kier molecular flexibility index (Phi) is 4.54. The second kappa shape index (κ2) is 5.98. The predicted molar refractivity (Wildman–Crippen MR) is 74.2 cm³/mol. The number of rotatable bonds is 7. The molecule has 19 heavy (non-hydrogen) atoms. The molecule has 0 spiro atoms. The third-order valence-corrected chi connectivity index (χ3v) is 4.72. The van der Waals surface area contributed by atoms with Crippen LogP contribution in [0.2, 0.25) is 0 Å². The first-order valence-corrected chi connectivity index (χ1v) is 8.20. The zero-order chi connectivity index (χ0) is 13.9. The lowest BCUT2D eigenvalue weighted by Crippen LogP contribution is -2.32. The highest BCUT2D eigenvalue weighted by Crippen LogP contribution is 2.19. The molecule has 0 radical (unpaired) electrons. The monoisotopic (exact) mass is 283 g/mol. The van der Waals surface area contributed by atoms with Gasteiger partial charge in [0.1, 0.15) is 0 Å². The van der Waals surface area contributed by atoms with Gasteiger partial charge in [-0.2, -0.15) is 0 Å². The summed E-state index contributed by atoms with van der Waals surface area (Å²) < 4.78 is 26.6. The molecule has 0 amide bonds. The van der Waals surface area contributed by atoms with Crippen molar-refractivity contribution >= 4 is 10.0 Å². The molecule has 0 aromatic carbocycles. The Balaban J connectivity index is 1.99. The van der Waals surface area contributed by atoms with Crippen LogP contribution in [0.15, 0.2) is 23.4 Å². The Morgan fingerprint density at radius 2 is 2.16 bits per heavy atom. The highest BCUT2D eigenvalue weighted by atomic mass is 32.2. The van der Waals surface area contributed by atoms with Crippen LogP contribution < -0.4 is 10.0 Å². The predicted octanol–water partition coefficient (Wildman–Crippen LogP) is 1.41. The molecule has 106 valence electrons. The Bertz CT molecular complexity index is 509. The Morgan fingerprint density at radius 1 is 1.42 bits per heavy atom. The number of nitrogens with zero attached hydrogens (tertiary/aromatic N) is 1. The van der Waals surface area contributed by atoms with E-state index in [-0.39, 0.29) is 11.1 Å². The zero-order valence-corrected chi connectivity index (χ0v) is 12.2. The smallest absolute Gasteiger partial charge is 0.258 e. The minimum Gasteiger partial charge on any atom is -0.310 e. The third-order valence-electron chi connectivity index (χ3n) is 3.21. The van der Waals surface area contributed by atoms with E-state index < -0.39 is 10.0 Å². The van der Waals surface area contributed by atoms with E-state index in [0.29, 0.717) is 6.04 Å². The molecule has 1 aromatic heterocycles. The van der Waals surface area contributed by atoms with E-state index in [4.69, 9.17) is 0 Å². The van der Waals surface area contributed by atoms with E-state index in [1.54, 1.807) is 12.3 Å². The Morgan fingerprint density at radius 3 is 2.68 bits per heavy atom. The number of nitrogens with one attached hydrogen (secondary N) is 2. The molecular formula is C13H21N3O2S. The standard InChI is InChI=1S/C13H21N3O2S/c1-3-10(2)16-19(17,18)13-7-4-11(9-15-13)8-14-12-5-6-12/h4,7,9-10,12,14,16H,3,5-6,8H2,1-2H3. The average molecular weight is 283 g/mol. The van der Waals surface area contributed by atoms with E-state index in [1.165, 1.54) is 12.8 Å². The van der Waals surface area contributed by atoms with Gasteiger partial charge in [0.2, 0.25) is 0 Å². The number of sulfonamides is 1. The van der Waals surface area contributed by atoms with Crippen LogP contribution in [0.25, 0.3) is 0 Å². The molecule has 2 rings (SSSR count). The molecule has 1 aliphatic rings. The molecule has 6 heteroatoms. The third kappa shape index (κ3) is 4.26. The van der Waals surface area contributed by atoms with Crippen LogP contribution in [0.4, 0.5) is 0 Å². The quantitative estimate of drug-likeness (QED) is 0.794. The van der Waals surface area contributed by atoms with E-state index in [0.717, 1.165) is 18.5 Å². The van der Waals surface area contributed by atoms with Crippen molar-refractivity contribution in [3.63, 3.8) is 0 Å². The van der Waals surface area contributed by atoms with Crippen molar-refractivity contribution in [3.05, 3.63) is 23.9 Å². The van der Waals surface area contributed by atoms with E-state index in [1.807, 2.05) is 19.9 Å². The van der Waals surface area contributed by atoms with Crippen LogP contribution in [-0.2, 0) is 16.6 Å². The summed E-state index contributed by atoms with van der Waals surface area (Å²) in [6.07, 6.45) is 4.85. The van der Waals surface area contributed by atoms with Crippen molar-refractivity contribution in [1.29, 1.82) is 0 Å². The maximum Gasteiger partial charge on any atom is 0.258 e. The fraction of sp³-hybridized carbons (Fsp3) is 0.615. The van der Waals surface area contributed by atoms with Gasteiger partial charge in [0.15, 0.2) is 5.03 Å². The molecule has 1 saturated carbocycles. The number of hydrogen-bond acceptors (Lipinski definition) is 4. The number of aromatic nitrogens is 1. The summed E-state index contributed by atoms with van der Waals surface area (Å²) in [5.41, 5.74) is 1.01. The van der Waals surface area contributed by atoms with Gasteiger partial charge >= 0.3 is 0 Å². The van der Waals surface area contributed by atoms with E-state index >= 15 is 0 Å². The maximum absolute atomic E-state index is 12.0. The molecule has 1 aliphatic carbocycles. The van der Waals surface area contributed by atoms with Gasteiger partial charge in [0, 0.05) is 24.8 Å². The van der Waals surface area contributed by atoms with Crippen molar-refractivity contribution in [1.82, 2.24) is 15.0 Å². The maximum atomic E-state index is 12.0. The fourth-order valence-corrected chi connectivity index (χ4v) is 2.89. The van der Waals surface area contributed by atoms with Crippen LogP contribution in [0.3, 0.4) is 0 Å². The van der Waals surface area contributed by atoms with Gasteiger partial charge < -0.3 is 5.32 Å². The lowest BCUT2D eigenvalue weighted by atomic mass is 10.3. The highest BCUT2D eigenvalue weighted by Gasteiger charge is 2.20. The molecule has 2 N–H and O–H groups in total. The lowest BCUT2D eigenvalue weighted by molar-refractivity contribution is 0.552. The second-order valence-corrected chi connectivity index (χ2v) is 6.75. The zero-order valence-electron chi connectivity index (χ0n) is 11.4. The molecular weight excluding hydrogens is 262 g/mol. The van der Waals surface area contributed by atoms with Crippen molar-refractivity contribution in [3.8, 4) is 0 Å². The van der Waals surface area contributed by atoms with Gasteiger partial charge in [0.25, 0.3) is 10.0 Å². The topological polar surface area (TPSA) is 71.1 Å². The molecule has 1 heterocycles. The van der Waals surface area contributed by atoms with Crippen LogP contribution in [0.1, 0.15) is 38.7 Å². The summed E-state index contributed by atoms with van der Waals surface area (Å²) in [6, 6.07) is 3.93. The van der Waals surface area contributed by atoms with Crippen molar-refractivity contribution in [2.45, 2.75) is 56.8 Å². The first-order valence-electron chi connectivity index (χ1n) is 6.72. The van der Waals surface area contributed by atoms with Crippen LogP contribution in [0.5, 0.6) is 0 Å². The molecule has 1 unspecified atom stereocenters. The summed E-state index contributed by atoms with van der Waals surface area (Å²) in [4.78, 5) is 4.05. The molecule has 0 bridgehead atoms. The minimum absolute atomic E-state index is 0.0805. The summed E-state index contributed by atoms with van der Waals surface area (Å²) in [7, 11) is -3.49. The molecule has 1 aromatic rings. The van der Waals surface area contributed by atoms with Crippen LogP contribution >= 0.6 is 0 Å². The van der Waals surface area contributed by atoms with Crippen LogP contribution in [0, 0.1) is 0 Å². The summed E-state index contributed by atoms with van der Waals surface area (Å²) in [5.74, 6) is 0. The lowest BCUT2D eigenvalue weighted by Gasteiger charge is -2.11. The second-order valence-electron chi connectivity index (χ2n) is 5.09. The van der Waals surface area contributed by atoms with E-state index in [2.05, 4.69) is 15.0 Å². The SMILES string of the molecule is CCC(C)NS(=O)(=O)c1ccc(CNC2CC2)cn1. The number of hydrogen-bond donors (Lipinski definition) is 2. The Labute approximate surface area is 114 Å². The van der Waals surface area contributed by atoms with Gasteiger partial charge in [-0.25, -0.2) is 18.1 Å². The largest absolute Gasteiger partial charge is 0.310 e. The van der Waals surface area contributed by atoms with Crippen molar-refractivity contribution < 1.29 is 8.42 Å².